The minimum absolute atomic E-state index is 0.232. The summed E-state index contributed by atoms with van der Waals surface area (Å²) in [4.78, 5) is 10.5. The molecule has 0 amide bonds. The molecule has 0 aromatic carbocycles. The third-order valence-electron chi connectivity index (χ3n) is 0.857. The van der Waals surface area contributed by atoms with Crippen LogP contribution < -0.4 is 0 Å². The first-order valence-corrected chi connectivity index (χ1v) is 3.89. The summed E-state index contributed by atoms with van der Waals surface area (Å²) in [6, 6.07) is 0. The summed E-state index contributed by atoms with van der Waals surface area (Å²) < 4.78 is 9.41. The topological polar surface area (TPSA) is 35.5 Å². The Morgan fingerprint density at radius 1 is 1.60 bits per heavy atom. The van der Waals surface area contributed by atoms with Gasteiger partial charge in [0.25, 0.3) is 0 Å². The number of ether oxygens (including phenoxy) is 2. The van der Waals surface area contributed by atoms with Gasteiger partial charge in [0, 0.05) is 7.11 Å². The molecule has 60 valence electrons. The first kappa shape index (κ1) is 9.91. The zero-order valence-electron chi connectivity index (χ0n) is 6.09. The first-order valence-electron chi connectivity index (χ1n) is 2.98. The van der Waals surface area contributed by atoms with E-state index in [0.29, 0.717) is 13.2 Å². The lowest BCUT2D eigenvalue weighted by Gasteiger charge is -2.04. The summed E-state index contributed by atoms with van der Waals surface area (Å²) in [5.41, 5.74) is 0. The average Bonchev–Trinajstić information content (AvgIpc) is 1.88. The van der Waals surface area contributed by atoms with Crippen molar-refractivity contribution in [1.29, 1.82) is 0 Å². The maximum absolute atomic E-state index is 10.7. The van der Waals surface area contributed by atoms with E-state index in [9.17, 15) is 4.79 Å². The molecule has 0 aromatic heterocycles. The van der Waals surface area contributed by atoms with Gasteiger partial charge in [-0.25, -0.2) is 0 Å². The predicted molar refractivity (Wildman–Crippen MR) is 41.2 cm³/mol. The van der Waals surface area contributed by atoms with E-state index >= 15 is 0 Å². The van der Waals surface area contributed by atoms with Gasteiger partial charge in [0.2, 0.25) is 0 Å². The molecular weight excluding hydrogens is 200 g/mol. The largest absolute Gasteiger partial charge is 0.462 e. The van der Waals surface area contributed by atoms with Crippen LogP contribution in [0.15, 0.2) is 0 Å². The van der Waals surface area contributed by atoms with Crippen LogP contribution >= 0.6 is 15.9 Å². The molecule has 1 atom stereocenters. The number of esters is 1. The highest BCUT2D eigenvalue weighted by Crippen LogP contribution is 1.99. The van der Waals surface area contributed by atoms with Gasteiger partial charge in [0.05, 0.1) is 6.61 Å². The van der Waals surface area contributed by atoms with E-state index in [-0.39, 0.29) is 10.8 Å². The minimum Gasteiger partial charge on any atom is -0.462 e. The van der Waals surface area contributed by atoms with Crippen molar-refractivity contribution in [3.8, 4) is 0 Å². The Hall–Kier alpha value is -0.0900. The molecule has 0 rings (SSSR count). The standard InChI is InChI=1S/C6H11BrO3/c1-5(7)6(8)10-4-3-9-2/h5H,3-4H2,1-2H3. The van der Waals surface area contributed by atoms with Gasteiger partial charge in [-0.1, -0.05) is 15.9 Å². The molecule has 1 unspecified atom stereocenters. The van der Waals surface area contributed by atoms with Gasteiger partial charge in [-0.3, -0.25) is 4.79 Å². The van der Waals surface area contributed by atoms with Crippen molar-refractivity contribution in [2.75, 3.05) is 20.3 Å². The third kappa shape index (κ3) is 4.76. The third-order valence-corrected chi connectivity index (χ3v) is 1.23. The number of alkyl halides is 1. The van der Waals surface area contributed by atoms with Crippen molar-refractivity contribution in [2.45, 2.75) is 11.8 Å². The monoisotopic (exact) mass is 210 g/mol. The number of hydrogen-bond acceptors (Lipinski definition) is 3. The van der Waals surface area contributed by atoms with Crippen molar-refractivity contribution in [3.05, 3.63) is 0 Å². The van der Waals surface area contributed by atoms with Crippen molar-refractivity contribution in [3.63, 3.8) is 0 Å². The fraction of sp³-hybridized carbons (Fsp3) is 0.833. The Kier molecular flexibility index (Phi) is 5.63. The zero-order valence-corrected chi connectivity index (χ0v) is 7.68. The molecule has 0 fully saturated rings. The lowest BCUT2D eigenvalue weighted by atomic mass is 10.5. The van der Waals surface area contributed by atoms with Crippen LogP contribution in [0, 0.1) is 0 Å². The van der Waals surface area contributed by atoms with Gasteiger partial charge in [0.15, 0.2) is 0 Å². The molecule has 0 aromatic rings. The molecule has 3 nitrogen and oxygen atoms in total. The minimum atomic E-state index is -0.253. The molecule has 4 heteroatoms. The normalized spacial score (nSPS) is 12.7. The Morgan fingerprint density at radius 3 is 2.60 bits per heavy atom. The highest BCUT2D eigenvalue weighted by molar-refractivity contribution is 9.10. The number of carbonyl (C=O) groups excluding carboxylic acids is 1. The fourth-order valence-electron chi connectivity index (χ4n) is 0.340. The molecule has 0 saturated carbocycles. The molecule has 0 N–H and O–H groups in total. The summed E-state index contributed by atoms with van der Waals surface area (Å²) in [5.74, 6) is -0.253. The Balaban J connectivity index is 3.22. The second-order valence-corrected chi connectivity index (χ2v) is 3.15. The Morgan fingerprint density at radius 2 is 2.20 bits per heavy atom. The van der Waals surface area contributed by atoms with Crippen molar-refractivity contribution >= 4 is 21.9 Å². The molecule has 0 bridgehead atoms. The summed E-state index contributed by atoms with van der Waals surface area (Å²) in [7, 11) is 1.56. The molecule has 0 aliphatic carbocycles. The lowest BCUT2D eigenvalue weighted by Crippen LogP contribution is -2.16. The number of halogens is 1. The van der Waals surface area contributed by atoms with E-state index in [1.807, 2.05) is 0 Å². The summed E-state index contributed by atoms with van der Waals surface area (Å²) in [5, 5.41) is 0. The van der Waals surface area contributed by atoms with Gasteiger partial charge in [-0.05, 0) is 6.92 Å². The van der Waals surface area contributed by atoms with Gasteiger partial charge in [-0.15, -0.1) is 0 Å². The molecular formula is C6H11BrO3. The summed E-state index contributed by atoms with van der Waals surface area (Å²) >= 11 is 3.08. The lowest BCUT2D eigenvalue weighted by molar-refractivity contribution is -0.143. The molecule has 0 heterocycles. The van der Waals surface area contributed by atoms with Gasteiger partial charge >= 0.3 is 5.97 Å². The van der Waals surface area contributed by atoms with E-state index in [4.69, 9.17) is 4.74 Å². The van der Waals surface area contributed by atoms with E-state index in [0.717, 1.165) is 0 Å². The van der Waals surface area contributed by atoms with Crippen LogP contribution in [0.25, 0.3) is 0 Å². The fourth-order valence-corrected chi connectivity index (χ4v) is 0.473. The quantitative estimate of drug-likeness (QED) is 0.394. The maximum atomic E-state index is 10.7. The van der Waals surface area contributed by atoms with Gasteiger partial charge in [0.1, 0.15) is 11.4 Å². The van der Waals surface area contributed by atoms with Crippen LogP contribution in [0.5, 0.6) is 0 Å². The number of hydrogen-bond donors (Lipinski definition) is 0. The van der Waals surface area contributed by atoms with E-state index in [1.54, 1.807) is 14.0 Å². The molecule has 0 spiro atoms. The summed E-state index contributed by atoms with van der Waals surface area (Å²) in [6.07, 6.45) is 0. The Labute approximate surface area is 68.8 Å². The molecule has 0 saturated heterocycles. The first-order chi connectivity index (χ1) is 4.68. The molecule has 0 aliphatic rings. The van der Waals surface area contributed by atoms with Gasteiger partial charge in [-0.2, -0.15) is 0 Å². The summed E-state index contributed by atoms with van der Waals surface area (Å²) in [6.45, 7) is 2.49. The zero-order chi connectivity index (χ0) is 7.98. The second-order valence-electron chi connectivity index (χ2n) is 1.78. The second kappa shape index (κ2) is 5.68. The number of rotatable bonds is 4. The van der Waals surface area contributed by atoms with Crippen LogP contribution in [0.4, 0.5) is 0 Å². The highest BCUT2D eigenvalue weighted by atomic mass is 79.9. The SMILES string of the molecule is COCCOC(=O)C(C)Br. The van der Waals surface area contributed by atoms with Crippen LogP contribution in [-0.4, -0.2) is 31.1 Å². The Bertz CT molecular complexity index is 103. The smallest absolute Gasteiger partial charge is 0.319 e. The molecule has 0 radical (unpaired) electrons. The number of methoxy groups -OCH3 is 1. The van der Waals surface area contributed by atoms with Crippen LogP contribution in [0.3, 0.4) is 0 Å². The van der Waals surface area contributed by atoms with Crippen molar-refractivity contribution in [1.82, 2.24) is 0 Å². The van der Waals surface area contributed by atoms with E-state index in [2.05, 4.69) is 20.7 Å². The van der Waals surface area contributed by atoms with Crippen LogP contribution in [0.1, 0.15) is 6.92 Å². The average molecular weight is 211 g/mol. The van der Waals surface area contributed by atoms with Crippen molar-refractivity contribution in [2.24, 2.45) is 0 Å². The highest BCUT2D eigenvalue weighted by Gasteiger charge is 2.08. The predicted octanol–water partition coefficient (Wildman–Crippen LogP) is 0.959. The van der Waals surface area contributed by atoms with Crippen molar-refractivity contribution < 1.29 is 14.3 Å². The van der Waals surface area contributed by atoms with Crippen LogP contribution in [-0.2, 0) is 14.3 Å². The van der Waals surface area contributed by atoms with E-state index < -0.39 is 0 Å². The molecule has 10 heavy (non-hydrogen) atoms. The van der Waals surface area contributed by atoms with Crippen LogP contribution in [0.2, 0.25) is 0 Å². The number of carbonyl (C=O) groups is 1. The van der Waals surface area contributed by atoms with Gasteiger partial charge < -0.3 is 9.47 Å². The molecule has 0 aliphatic heterocycles. The maximum Gasteiger partial charge on any atom is 0.319 e. The van der Waals surface area contributed by atoms with E-state index in [1.165, 1.54) is 0 Å².